The zero-order valence-electron chi connectivity index (χ0n) is 15.1. The first-order valence-corrected chi connectivity index (χ1v) is 9.28. The van der Waals surface area contributed by atoms with Gasteiger partial charge in [-0.2, -0.15) is 0 Å². The van der Waals surface area contributed by atoms with Crippen molar-refractivity contribution in [1.29, 1.82) is 0 Å². The number of aliphatic carboxylic acids is 1. The number of benzene rings is 1. The van der Waals surface area contributed by atoms with Gasteiger partial charge in [0.25, 0.3) is 0 Å². The lowest BCUT2D eigenvalue weighted by atomic mass is 9.89. The SMILES string of the molecule is C[C@@H]1CCC[C@H](C)N1CC(=O)N1C[C@@H](C(=O)O)[C@H](c2ccccc2)C1. The number of carbonyl (C=O) groups excluding carboxylic acids is 1. The van der Waals surface area contributed by atoms with E-state index in [1.165, 1.54) is 6.42 Å². The molecule has 0 aromatic heterocycles. The lowest BCUT2D eigenvalue weighted by Gasteiger charge is -2.39. The number of hydrogen-bond donors (Lipinski definition) is 1. The number of carbonyl (C=O) groups is 2. The molecule has 4 atom stereocenters. The molecule has 0 spiro atoms. The lowest BCUT2D eigenvalue weighted by Crippen LogP contribution is -2.49. The van der Waals surface area contributed by atoms with Gasteiger partial charge in [-0.25, -0.2) is 0 Å². The van der Waals surface area contributed by atoms with E-state index in [-0.39, 0.29) is 11.8 Å². The third kappa shape index (κ3) is 3.87. The first-order valence-electron chi connectivity index (χ1n) is 9.28. The van der Waals surface area contributed by atoms with Gasteiger partial charge >= 0.3 is 5.97 Å². The van der Waals surface area contributed by atoms with Crippen molar-refractivity contribution in [3.05, 3.63) is 35.9 Å². The van der Waals surface area contributed by atoms with Gasteiger partial charge in [0.2, 0.25) is 5.91 Å². The standard InChI is InChI=1S/C20H28N2O3/c1-14-7-6-8-15(2)22(14)13-19(23)21-11-17(18(12-21)20(24)25)16-9-4-3-5-10-16/h3-5,9-10,14-15,17-18H,6-8,11-13H2,1-2H3,(H,24,25)/t14-,15+,17-,18+/m0/s1. The van der Waals surface area contributed by atoms with Crippen LogP contribution in [0.1, 0.15) is 44.6 Å². The molecule has 5 nitrogen and oxygen atoms in total. The monoisotopic (exact) mass is 344 g/mol. The van der Waals surface area contributed by atoms with Gasteiger partial charge in [0.1, 0.15) is 0 Å². The summed E-state index contributed by atoms with van der Waals surface area (Å²) in [6.45, 7) is 5.57. The minimum Gasteiger partial charge on any atom is -0.481 e. The number of carboxylic acid groups (broad SMARTS) is 1. The van der Waals surface area contributed by atoms with Crippen LogP contribution in [0.5, 0.6) is 0 Å². The highest BCUT2D eigenvalue weighted by Crippen LogP contribution is 2.33. The van der Waals surface area contributed by atoms with E-state index in [0.29, 0.717) is 31.7 Å². The zero-order valence-corrected chi connectivity index (χ0v) is 15.1. The third-order valence-corrected chi connectivity index (χ3v) is 5.91. The molecule has 0 unspecified atom stereocenters. The van der Waals surface area contributed by atoms with Crippen molar-refractivity contribution in [3.8, 4) is 0 Å². The van der Waals surface area contributed by atoms with Gasteiger partial charge in [-0.3, -0.25) is 14.5 Å². The molecule has 1 aromatic carbocycles. The molecule has 0 saturated carbocycles. The van der Waals surface area contributed by atoms with E-state index in [2.05, 4.69) is 18.7 Å². The average Bonchev–Trinajstić information content (AvgIpc) is 3.05. The summed E-state index contributed by atoms with van der Waals surface area (Å²) in [6, 6.07) is 10.5. The second kappa shape index (κ2) is 7.56. The first kappa shape index (κ1) is 17.9. The largest absolute Gasteiger partial charge is 0.481 e. The van der Waals surface area contributed by atoms with E-state index < -0.39 is 11.9 Å². The Labute approximate surface area is 149 Å². The van der Waals surface area contributed by atoms with Crippen molar-refractivity contribution in [2.24, 2.45) is 5.92 Å². The zero-order chi connectivity index (χ0) is 18.0. The molecular weight excluding hydrogens is 316 g/mol. The average molecular weight is 344 g/mol. The number of rotatable bonds is 4. The Morgan fingerprint density at radius 1 is 1.08 bits per heavy atom. The van der Waals surface area contributed by atoms with Crippen LogP contribution < -0.4 is 0 Å². The van der Waals surface area contributed by atoms with Crippen LogP contribution in [0.3, 0.4) is 0 Å². The van der Waals surface area contributed by atoms with Crippen LogP contribution in [0.2, 0.25) is 0 Å². The summed E-state index contributed by atoms with van der Waals surface area (Å²) in [5.74, 6) is -1.41. The highest BCUT2D eigenvalue weighted by atomic mass is 16.4. The maximum atomic E-state index is 12.8. The summed E-state index contributed by atoms with van der Waals surface area (Å²) in [5.41, 5.74) is 1.00. The maximum absolute atomic E-state index is 12.8. The van der Waals surface area contributed by atoms with Crippen LogP contribution in [0, 0.1) is 5.92 Å². The van der Waals surface area contributed by atoms with Crippen LogP contribution in [0.25, 0.3) is 0 Å². The van der Waals surface area contributed by atoms with Crippen LogP contribution in [0.15, 0.2) is 30.3 Å². The second-order valence-corrected chi connectivity index (χ2v) is 7.56. The summed E-state index contributed by atoms with van der Waals surface area (Å²) < 4.78 is 0. The maximum Gasteiger partial charge on any atom is 0.308 e. The summed E-state index contributed by atoms with van der Waals surface area (Å²) in [5, 5.41) is 9.60. The molecule has 0 bridgehead atoms. The highest BCUT2D eigenvalue weighted by Gasteiger charge is 2.41. The van der Waals surface area contributed by atoms with Gasteiger partial charge in [-0.1, -0.05) is 36.8 Å². The minimum atomic E-state index is -0.816. The van der Waals surface area contributed by atoms with E-state index in [1.54, 1.807) is 4.90 Å². The Hall–Kier alpha value is -1.88. The van der Waals surface area contributed by atoms with Gasteiger partial charge in [-0.15, -0.1) is 0 Å². The van der Waals surface area contributed by atoms with Gasteiger partial charge in [0, 0.05) is 31.1 Å². The molecule has 2 aliphatic heterocycles. The molecule has 0 radical (unpaired) electrons. The van der Waals surface area contributed by atoms with Gasteiger partial charge < -0.3 is 10.0 Å². The van der Waals surface area contributed by atoms with Gasteiger partial charge in [0.15, 0.2) is 0 Å². The molecule has 2 fully saturated rings. The molecule has 3 rings (SSSR count). The molecule has 2 saturated heterocycles. The van der Waals surface area contributed by atoms with E-state index in [1.807, 2.05) is 30.3 Å². The molecule has 2 heterocycles. The molecule has 136 valence electrons. The number of likely N-dealkylation sites (tertiary alicyclic amines) is 2. The van der Waals surface area contributed by atoms with Crippen molar-refractivity contribution >= 4 is 11.9 Å². The third-order valence-electron chi connectivity index (χ3n) is 5.91. The number of amides is 1. The van der Waals surface area contributed by atoms with Crippen LogP contribution in [-0.2, 0) is 9.59 Å². The van der Waals surface area contributed by atoms with Gasteiger partial charge in [0.05, 0.1) is 12.5 Å². The van der Waals surface area contributed by atoms with Crippen LogP contribution in [-0.4, -0.2) is 58.5 Å². The fraction of sp³-hybridized carbons (Fsp3) is 0.600. The second-order valence-electron chi connectivity index (χ2n) is 7.56. The van der Waals surface area contributed by atoms with Crippen molar-refractivity contribution in [3.63, 3.8) is 0 Å². The lowest BCUT2D eigenvalue weighted by molar-refractivity contribution is -0.142. The number of piperidine rings is 1. The number of nitrogens with zero attached hydrogens (tertiary/aromatic N) is 2. The number of hydrogen-bond acceptors (Lipinski definition) is 3. The van der Waals surface area contributed by atoms with E-state index >= 15 is 0 Å². The fourth-order valence-corrected chi connectivity index (χ4v) is 4.34. The fourth-order valence-electron chi connectivity index (χ4n) is 4.34. The molecule has 25 heavy (non-hydrogen) atoms. The minimum absolute atomic E-state index is 0.0604. The highest BCUT2D eigenvalue weighted by molar-refractivity contribution is 5.81. The quantitative estimate of drug-likeness (QED) is 0.912. The molecule has 1 N–H and O–H groups in total. The molecule has 2 aliphatic rings. The number of carboxylic acids is 1. The summed E-state index contributed by atoms with van der Waals surface area (Å²) in [6.07, 6.45) is 3.47. The van der Waals surface area contributed by atoms with E-state index in [9.17, 15) is 14.7 Å². The molecular formula is C20H28N2O3. The predicted octanol–water partition coefficient (Wildman–Crippen LogP) is 2.58. The van der Waals surface area contributed by atoms with Crippen LogP contribution in [0.4, 0.5) is 0 Å². The molecule has 0 aliphatic carbocycles. The Bertz CT molecular complexity index is 609. The van der Waals surface area contributed by atoms with Crippen molar-refractivity contribution < 1.29 is 14.7 Å². The van der Waals surface area contributed by atoms with Crippen molar-refractivity contribution in [2.75, 3.05) is 19.6 Å². The Balaban J connectivity index is 1.70. The van der Waals surface area contributed by atoms with E-state index in [0.717, 1.165) is 18.4 Å². The Kier molecular flexibility index (Phi) is 5.42. The first-order chi connectivity index (χ1) is 12.0. The topological polar surface area (TPSA) is 60.9 Å². The molecule has 1 aromatic rings. The van der Waals surface area contributed by atoms with Crippen molar-refractivity contribution in [2.45, 2.75) is 51.1 Å². The molecule has 5 heteroatoms. The Morgan fingerprint density at radius 2 is 1.72 bits per heavy atom. The van der Waals surface area contributed by atoms with E-state index in [4.69, 9.17) is 0 Å². The van der Waals surface area contributed by atoms with Crippen LogP contribution >= 0.6 is 0 Å². The Morgan fingerprint density at radius 3 is 2.32 bits per heavy atom. The normalized spacial score (nSPS) is 30.4. The summed E-state index contributed by atoms with van der Waals surface area (Å²) in [7, 11) is 0. The summed E-state index contributed by atoms with van der Waals surface area (Å²) >= 11 is 0. The van der Waals surface area contributed by atoms with Crippen molar-refractivity contribution in [1.82, 2.24) is 9.80 Å². The smallest absolute Gasteiger partial charge is 0.308 e. The predicted molar refractivity (Wildman–Crippen MR) is 96.4 cm³/mol. The molecule has 1 amide bonds. The van der Waals surface area contributed by atoms with Gasteiger partial charge in [-0.05, 0) is 32.3 Å². The summed E-state index contributed by atoms with van der Waals surface area (Å²) in [4.78, 5) is 28.6.